The second-order valence-corrected chi connectivity index (χ2v) is 5.61. The van der Waals surface area contributed by atoms with E-state index >= 15 is 0 Å². The number of guanidine groups is 1. The van der Waals surface area contributed by atoms with Gasteiger partial charge in [-0.15, -0.1) is 0 Å². The first kappa shape index (κ1) is 16.4. The van der Waals surface area contributed by atoms with Crippen LogP contribution in [0.3, 0.4) is 0 Å². The van der Waals surface area contributed by atoms with Crippen LogP contribution in [-0.4, -0.2) is 38.9 Å². The fourth-order valence-corrected chi connectivity index (χ4v) is 2.56. The molecule has 3 N–H and O–H groups in total. The predicted molar refractivity (Wildman–Crippen MR) is 86.6 cm³/mol. The van der Waals surface area contributed by atoms with E-state index in [9.17, 15) is 0 Å². The highest BCUT2D eigenvalue weighted by atomic mass is 16.5. The van der Waals surface area contributed by atoms with Crippen LogP contribution in [0, 0.1) is 0 Å². The molecule has 1 aliphatic rings. The van der Waals surface area contributed by atoms with Crippen LogP contribution in [0.4, 0.5) is 0 Å². The lowest BCUT2D eigenvalue weighted by Gasteiger charge is -2.14. The number of nitrogens with zero attached hydrogens (tertiary/aromatic N) is 1. The van der Waals surface area contributed by atoms with Gasteiger partial charge in [-0.05, 0) is 26.0 Å². The molecule has 0 spiro atoms. The van der Waals surface area contributed by atoms with Gasteiger partial charge in [-0.1, -0.05) is 0 Å². The van der Waals surface area contributed by atoms with Gasteiger partial charge in [0.1, 0.15) is 17.6 Å². The lowest BCUT2D eigenvalue weighted by molar-refractivity contribution is 0.179. The second kappa shape index (κ2) is 7.35. The van der Waals surface area contributed by atoms with E-state index in [0.29, 0.717) is 19.1 Å². The summed E-state index contributed by atoms with van der Waals surface area (Å²) in [6.07, 6.45) is 1.12. The first-order chi connectivity index (χ1) is 10.5. The summed E-state index contributed by atoms with van der Waals surface area (Å²) >= 11 is 0. The third-order valence-electron chi connectivity index (χ3n) is 3.53. The van der Waals surface area contributed by atoms with Crippen molar-refractivity contribution in [2.75, 3.05) is 20.8 Å². The van der Waals surface area contributed by atoms with Crippen LogP contribution in [-0.2, 0) is 17.7 Å². The molecular formula is C16H25N3O3. The van der Waals surface area contributed by atoms with Gasteiger partial charge in [-0.3, -0.25) is 0 Å². The Labute approximate surface area is 131 Å². The smallest absolute Gasteiger partial charge is 0.189 e. The Hall–Kier alpha value is -1.95. The molecule has 0 saturated carbocycles. The molecule has 0 aromatic heterocycles. The lowest BCUT2D eigenvalue weighted by Crippen LogP contribution is -2.40. The molecular weight excluding hydrogens is 282 g/mol. The standard InChI is InChI=1S/C16H25N3O3/c1-10(9-20-3)19-16(17)18-8-13-7-15-12(5-11(2)22-15)6-14(13)21-4/h6-7,10-11H,5,8-9H2,1-4H3,(H3,17,18,19). The van der Waals surface area contributed by atoms with E-state index in [-0.39, 0.29) is 12.1 Å². The maximum absolute atomic E-state index is 5.89. The first-order valence-corrected chi connectivity index (χ1v) is 7.45. The van der Waals surface area contributed by atoms with Crippen LogP contribution >= 0.6 is 0 Å². The molecule has 1 aliphatic heterocycles. The van der Waals surface area contributed by atoms with Crippen molar-refractivity contribution in [3.05, 3.63) is 23.3 Å². The number of ether oxygens (including phenoxy) is 3. The molecule has 1 aromatic rings. The topological polar surface area (TPSA) is 78.1 Å². The Morgan fingerprint density at radius 1 is 1.50 bits per heavy atom. The van der Waals surface area contributed by atoms with E-state index in [2.05, 4.69) is 17.2 Å². The summed E-state index contributed by atoms with van der Waals surface area (Å²) in [6, 6.07) is 4.13. The number of aliphatic imine (C=N–C) groups is 1. The van der Waals surface area contributed by atoms with Gasteiger partial charge in [0.2, 0.25) is 0 Å². The van der Waals surface area contributed by atoms with Gasteiger partial charge in [0.15, 0.2) is 5.96 Å². The maximum atomic E-state index is 5.89. The minimum atomic E-state index is 0.111. The molecule has 2 atom stereocenters. The SMILES string of the molecule is COCC(C)NC(N)=NCc1cc2c(cc1OC)CC(C)O2. The highest BCUT2D eigenvalue weighted by molar-refractivity contribution is 5.78. The summed E-state index contributed by atoms with van der Waals surface area (Å²) in [5, 5.41) is 3.08. The zero-order valence-electron chi connectivity index (χ0n) is 13.7. The van der Waals surface area contributed by atoms with Gasteiger partial charge in [-0.25, -0.2) is 4.99 Å². The Morgan fingerprint density at radius 2 is 2.27 bits per heavy atom. The monoisotopic (exact) mass is 307 g/mol. The number of methoxy groups -OCH3 is 2. The molecule has 0 radical (unpaired) electrons. The molecule has 2 unspecified atom stereocenters. The normalized spacial score (nSPS) is 18.5. The number of hydrogen-bond donors (Lipinski definition) is 2. The van der Waals surface area contributed by atoms with Gasteiger partial charge in [-0.2, -0.15) is 0 Å². The highest BCUT2D eigenvalue weighted by Gasteiger charge is 2.21. The second-order valence-electron chi connectivity index (χ2n) is 5.61. The van der Waals surface area contributed by atoms with Crippen LogP contribution in [0.2, 0.25) is 0 Å². The number of rotatable bonds is 6. The molecule has 0 fully saturated rings. The van der Waals surface area contributed by atoms with Crippen LogP contribution in [0.15, 0.2) is 17.1 Å². The average molecular weight is 307 g/mol. The predicted octanol–water partition coefficient (Wildman–Crippen LogP) is 1.46. The van der Waals surface area contributed by atoms with Crippen LogP contribution in [0.25, 0.3) is 0 Å². The minimum absolute atomic E-state index is 0.111. The van der Waals surface area contributed by atoms with Crippen molar-refractivity contribution < 1.29 is 14.2 Å². The van der Waals surface area contributed by atoms with Gasteiger partial charge >= 0.3 is 0 Å². The summed E-state index contributed by atoms with van der Waals surface area (Å²) in [6.45, 7) is 5.05. The first-order valence-electron chi connectivity index (χ1n) is 7.45. The van der Waals surface area contributed by atoms with E-state index in [1.165, 1.54) is 5.56 Å². The average Bonchev–Trinajstić information content (AvgIpc) is 2.83. The van der Waals surface area contributed by atoms with Gasteiger partial charge in [0, 0.05) is 30.7 Å². The Morgan fingerprint density at radius 3 is 2.95 bits per heavy atom. The molecule has 0 amide bonds. The van der Waals surface area contributed by atoms with E-state index in [4.69, 9.17) is 19.9 Å². The summed E-state index contributed by atoms with van der Waals surface area (Å²) < 4.78 is 16.3. The number of hydrogen-bond acceptors (Lipinski definition) is 4. The number of fused-ring (bicyclic) bond motifs is 1. The van der Waals surface area contributed by atoms with Crippen molar-refractivity contribution in [1.82, 2.24) is 5.32 Å². The fourth-order valence-electron chi connectivity index (χ4n) is 2.56. The van der Waals surface area contributed by atoms with Crippen molar-refractivity contribution in [3.63, 3.8) is 0 Å². The van der Waals surface area contributed by atoms with Crippen molar-refractivity contribution in [3.8, 4) is 11.5 Å². The summed E-state index contributed by atoms with van der Waals surface area (Å²) in [5.74, 6) is 2.12. The zero-order chi connectivity index (χ0) is 16.1. The van der Waals surface area contributed by atoms with Crippen molar-refractivity contribution in [2.24, 2.45) is 10.7 Å². The highest BCUT2D eigenvalue weighted by Crippen LogP contribution is 2.35. The molecule has 6 nitrogen and oxygen atoms in total. The van der Waals surface area contributed by atoms with E-state index in [1.54, 1.807) is 14.2 Å². The maximum Gasteiger partial charge on any atom is 0.189 e. The van der Waals surface area contributed by atoms with Gasteiger partial charge < -0.3 is 25.3 Å². The van der Waals surface area contributed by atoms with Gasteiger partial charge in [0.05, 0.1) is 20.3 Å². The molecule has 6 heteroatoms. The minimum Gasteiger partial charge on any atom is -0.496 e. The van der Waals surface area contributed by atoms with Gasteiger partial charge in [0.25, 0.3) is 0 Å². The van der Waals surface area contributed by atoms with Crippen LogP contribution in [0.5, 0.6) is 11.5 Å². The molecule has 2 rings (SSSR count). The molecule has 0 saturated heterocycles. The third-order valence-corrected chi connectivity index (χ3v) is 3.53. The Bertz CT molecular complexity index is 546. The Balaban J connectivity index is 2.08. The third kappa shape index (κ3) is 4.04. The number of nitrogens with two attached hydrogens (primary N) is 1. The number of nitrogens with one attached hydrogen (secondary N) is 1. The van der Waals surface area contributed by atoms with Crippen LogP contribution in [0.1, 0.15) is 25.0 Å². The van der Waals surface area contributed by atoms with Crippen molar-refractivity contribution >= 4 is 5.96 Å². The zero-order valence-corrected chi connectivity index (χ0v) is 13.7. The summed E-state index contributed by atoms with van der Waals surface area (Å²) in [4.78, 5) is 4.36. The quantitative estimate of drug-likeness (QED) is 0.614. The Kier molecular flexibility index (Phi) is 5.49. The molecule has 0 bridgehead atoms. The molecule has 122 valence electrons. The summed E-state index contributed by atoms with van der Waals surface area (Å²) in [7, 11) is 3.32. The molecule has 22 heavy (non-hydrogen) atoms. The van der Waals surface area contributed by atoms with E-state index in [0.717, 1.165) is 23.5 Å². The molecule has 1 heterocycles. The fraction of sp³-hybridized carbons (Fsp3) is 0.562. The molecule has 1 aromatic carbocycles. The summed E-state index contributed by atoms with van der Waals surface area (Å²) in [5.41, 5.74) is 8.03. The molecule has 0 aliphatic carbocycles. The number of benzene rings is 1. The lowest BCUT2D eigenvalue weighted by atomic mass is 10.1. The van der Waals surface area contributed by atoms with E-state index < -0.39 is 0 Å². The van der Waals surface area contributed by atoms with E-state index in [1.807, 2.05) is 19.1 Å². The van der Waals surface area contributed by atoms with Crippen LogP contribution < -0.4 is 20.5 Å². The largest absolute Gasteiger partial charge is 0.496 e. The van der Waals surface area contributed by atoms with Crippen molar-refractivity contribution in [1.29, 1.82) is 0 Å². The van der Waals surface area contributed by atoms with Crippen molar-refractivity contribution in [2.45, 2.75) is 39.0 Å².